The van der Waals surface area contributed by atoms with Gasteiger partial charge in [-0.2, -0.15) is 0 Å². The first-order valence-corrected chi connectivity index (χ1v) is 17.1. The van der Waals surface area contributed by atoms with Crippen molar-refractivity contribution in [3.63, 3.8) is 0 Å². The average molecular weight is 800 g/mol. The molecule has 0 aliphatic rings. The minimum absolute atomic E-state index is 0.104. The first-order valence-electron chi connectivity index (χ1n) is 16.0. The van der Waals surface area contributed by atoms with Gasteiger partial charge in [0.1, 0.15) is 0 Å². The third-order valence-electron chi connectivity index (χ3n) is 8.78. The molecule has 0 unspecified atom stereocenters. The van der Waals surface area contributed by atoms with E-state index in [2.05, 4.69) is 166 Å². The molecule has 0 N–H and O–H groups in total. The van der Waals surface area contributed by atoms with E-state index in [9.17, 15) is 0 Å². The molecule has 0 radical (unpaired) electrons. The van der Waals surface area contributed by atoms with Crippen LogP contribution in [0, 0.1) is 3.80 Å². The van der Waals surface area contributed by atoms with Crippen LogP contribution in [0.5, 0.6) is 0 Å². The van der Waals surface area contributed by atoms with Crippen LogP contribution in [-0.4, -0.2) is 23.7 Å². The van der Waals surface area contributed by atoms with Gasteiger partial charge < -0.3 is 0 Å². The number of hydrogen-bond acceptors (Lipinski definition) is 3. The Morgan fingerprint density at radius 2 is 1.36 bits per heavy atom. The summed E-state index contributed by atoms with van der Waals surface area (Å²) in [4.78, 5) is 12.1. The number of benzene rings is 3. The Labute approximate surface area is 287 Å². The van der Waals surface area contributed by atoms with E-state index in [0.717, 1.165) is 48.6 Å². The van der Waals surface area contributed by atoms with Crippen molar-refractivity contribution < 1.29 is 19.4 Å². The zero-order valence-electron chi connectivity index (χ0n) is 28.0. The number of nitrogens with zero attached hydrogens (tertiary/aromatic N) is 6. The van der Waals surface area contributed by atoms with Gasteiger partial charge in [-0.15, -0.1) is 0 Å². The van der Waals surface area contributed by atoms with E-state index >= 15 is 0 Å². The Morgan fingerprint density at radius 3 is 2.02 bits per heavy atom. The maximum absolute atomic E-state index is 4.84. The summed E-state index contributed by atoms with van der Waals surface area (Å²) in [6.45, 7) is 13.9. The Balaban J connectivity index is 1.58. The van der Waals surface area contributed by atoms with Crippen molar-refractivity contribution in [3.05, 3.63) is 131 Å². The first kappa shape index (κ1) is 31.1. The molecule has 7 rings (SSSR count). The summed E-state index contributed by atoms with van der Waals surface area (Å²) in [6, 6.07) is 32.7. The van der Waals surface area contributed by atoms with Crippen molar-refractivity contribution in [1.29, 1.82) is 0 Å². The summed E-state index contributed by atoms with van der Waals surface area (Å²) in [5.41, 5.74) is 8.84. The summed E-state index contributed by atoms with van der Waals surface area (Å²) in [5, 5.41) is 2.25. The second kappa shape index (κ2) is 11.6. The van der Waals surface area contributed by atoms with Crippen molar-refractivity contribution in [3.8, 4) is 11.5 Å². The molecule has 4 aromatic heterocycles. The van der Waals surface area contributed by atoms with E-state index < -0.39 is 0 Å². The second-order valence-electron chi connectivity index (χ2n) is 14.2. The quantitative estimate of drug-likeness (QED) is 0.174. The van der Waals surface area contributed by atoms with Crippen LogP contribution in [0.4, 0.5) is 17.1 Å². The molecule has 3 aromatic carbocycles. The van der Waals surface area contributed by atoms with Gasteiger partial charge >= 0.3 is 258 Å². The number of fused-ring (bicyclic) bond motifs is 3. The van der Waals surface area contributed by atoms with Crippen molar-refractivity contribution in [2.75, 3.05) is 4.90 Å². The van der Waals surface area contributed by atoms with Crippen LogP contribution >= 0.6 is 0 Å². The predicted molar refractivity (Wildman–Crippen MR) is 190 cm³/mol. The Morgan fingerprint density at radius 1 is 0.660 bits per heavy atom. The molecule has 0 aliphatic carbocycles. The first-order chi connectivity index (χ1) is 22.4. The Hall–Kier alpha value is -4.54. The van der Waals surface area contributed by atoms with Crippen molar-refractivity contribution in [2.45, 2.75) is 52.4 Å². The zero-order chi connectivity index (χ0) is 33.1. The third-order valence-corrected chi connectivity index (χ3v) is 10.1. The van der Waals surface area contributed by atoms with Crippen LogP contribution in [0.3, 0.4) is 0 Å². The summed E-state index contributed by atoms with van der Waals surface area (Å²) in [5.74, 6) is 0.845. The molecule has 0 atom stereocenters. The SMILES string of the molecule is Cn1ccn(-c2cccc(N(c3ccc4c5cccnc5n(-c5ccccn5)c4c3)c3c(C(C)(C)C)cccc3C(C)(C)C)c2)[c]1=[Pt]. The summed E-state index contributed by atoms with van der Waals surface area (Å²) in [6.07, 6.45) is 7.92. The van der Waals surface area contributed by atoms with Gasteiger partial charge in [0.2, 0.25) is 0 Å². The van der Waals surface area contributed by atoms with Gasteiger partial charge in [0.15, 0.2) is 0 Å². The monoisotopic (exact) mass is 799 g/mol. The molecule has 0 saturated heterocycles. The normalized spacial score (nSPS) is 12.3. The fraction of sp³-hybridized carbons (Fsp3) is 0.225. The molecule has 4 heterocycles. The molecule has 7 aromatic rings. The number of imidazole rings is 1. The second-order valence-corrected chi connectivity index (χ2v) is 15.2. The molecule has 0 aliphatic heterocycles. The van der Waals surface area contributed by atoms with Crippen LogP contribution in [0.25, 0.3) is 33.4 Å². The molecule has 6 nitrogen and oxygen atoms in total. The van der Waals surface area contributed by atoms with Gasteiger partial charge in [-0.3, -0.25) is 0 Å². The Bertz CT molecular complexity index is 2280. The van der Waals surface area contributed by atoms with Crippen molar-refractivity contribution in [1.82, 2.24) is 23.7 Å². The van der Waals surface area contributed by atoms with Crippen molar-refractivity contribution in [2.24, 2.45) is 7.05 Å². The molecule has 240 valence electrons. The number of para-hydroxylation sites is 1. The van der Waals surface area contributed by atoms with Gasteiger partial charge in [-0.1, -0.05) is 6.07 Å². The Kier molecular flexibility index (Phi) is 7.68. The number of aryl methyl sites for hydroxylation is 1. The number of anilines is 3. The number of aromatic nitrogens is 5. The van der Waals surface area contributed by atoms with Crippen LogP contribution in [0.2, 0.25) is 0 Å². The van der Waals surface area contributed by atoms with Gasteiger partial charge in [-0.25, -0.2) is 0 Å². The molecular formula is C40H40N6Pt. The fourth-order valence-corrected chi connectivity index (χ4v) is 7.14. The summed E-state index contributed by atoms with van der Waals surface area (Å²) >= 11 is 2.39. The molecule has 0 fully saturated rings. The molecule has 7 heteroatoms. The van der Waals surface area contributed by atoms with E-state index in [1.807, 2.05) is 36.7 Å². The summed E-state index contributed by atoms with van der Waals surface area (Å²) in [7, 11) is 2.08. The van der Waals surface area contributed by atoms with E-state index in [0.29, 0.717) is 0 Å². The molecule has 0 amide bonds. The van der Waals surface area contributed by atoms with Gasteiger partial charge in [-0.05, 0) is 12.1 Å². The number of hydrogen-bond donors (Lipinski definition) is 0. The molecule has 0 bridgehead atoms. The van der Waals surface area contributed by atoms with E-state index in [1.54, 1.807) is 0 Å². The number of rotatable bonds is 5. The van der Waals surface area contributed by atoms with Gasteiger partial charge in [0.05, 0.1) is 0 Å². The van der Waals surface area contributed by atoms with E-state index in [4.69, 9.17) is 9.97 Å². The molecule has 0 saturated carbocycles. The van der Waals surface area contributed by atoms with Crippen LogP contribution in [0.15, 0.2) is 116 Å². The zero-order valence-corrected chi connectivity index (χ0v) is 30.2. The molecule has 0 spiro atoms. The van der Waals surface area contributed by atoms with Crippen molar-refractivity contribution >= 4 is 39.0 Å². The van der Waals surface area contributed by atoms with Gasteiger partial charge in [0.25, 0.3) is 0 Å². The average Bonchev–Trinajstić information content (AvgIpc) is 3.56. The molecular weight excluding hydrogens is 760 g/mol. The standard InChI is InChI=1S/C40H40N6.Pt/c1-39(2,3)33-16-11-17-34(40(4,5)6)37(33)45(29-14-10-13-28(25-29)44-24-23-43(7)27-44)30-19-20-31-32-15-12-22-42-38(32)46(35(31)26-30)36-18-8-9-21-41-36;/h8-26H,1-7H3;. The fourth-order valence-electron chi connectivity index (χ4n) is 6.51. The summed E-state index contributed by atoms with van der Waals surface area (Å²) < 4.78 is 7.69. The van der Waals surface area contributed by atoms with Gasteiger partial charge in [0, 0.05) is 12.4 Å². The maximum atomic E-state index is 4.84. The minimum atomic E-state index is -0.104. The van der Waals surface area contributed by atoms with Crippen LogP contribution in [0.1, 0.15) is 52.7 Å². The number of pyridine rings is 2. The topological polar surface area (TPSA) is 43.8 Å². The van der Waals surface area contributed by atoms with E-state index in [1.165, 1.54) is 16.8 Å². The van der Waals surface area contributed by atoms with Crippen LogP contribution in [-0.2, 0) is 37.2 Å². The molecule has 47 heavy (non-hydrogen) atoms. The van der Waals surface area contributed by atoms with E-state index in [-0.39, 0.29) is 10.8 Å². The predicted octanol–water partition coefficient (Wildman–Crippen LogP) is 9.85. The third kappa shape index (κ3) is 5.49. The van der Waals surface area contributed by atoms with Crippen LogP contribution < -0.4 is 4.90 Å².